The van der Waals surface area contributed by atoms with E-state index < -0.39 is 10.0 Å². The van der Waals surface area contributed by atoms with Gasteiger partial charge >= 0.3 is 0 Å². The zero-order valence-corrected chi connectivity index (χ0v) is 13.2. The summed E-state index contributed by atoms with van der Waals surface area (Å²) in [6.07, 6.45) is 3.02. The summed E-state index contributed by atoms with van der Waals surface area (Å²) in [5.74, 6) is 0.0934. The van der Waals surface area contributed by atoms with Crippen molar-refractivity contribution in [3.05, 3.63) is 0 Å². The number of hydrogen-bond acceptors (Lipinski definition) is 4. The topological polar surface area (TPSA) is 58.6 Å². The van der Waals surface area contributed by atoms with Gasteiger partial charge in [0.05, 0.1) is 12.4 Å². The summed E-state index contributed by atoms with van der Waals surface area (Å²) in [5.41, 5.74) is 0. The minimum Gasteiger partial charge on any atom is -0.381 e. The van der Waals surface area contributed by atoms with Crippen molar-refractivity contribution >= 4 is 10.0 Å². The van der Waals surface area contributed by atoms with Crippen LogP contribution in [0.4, 0.5) is 0 Å². The van der Waals surface area contributed by atoms with Crippen molar-refractivity contribution in [2.75, 3.05) is 32.1 Å². The average Bonchev–Trinajstić information content (AvgIpc) is 2.39. The fourth-order valence-corrected chi connectivity index (χ4v) is 4.33. The maximum absolute atomic E-state index is 12.4. The lowest BCUT2D eigenvalue weighted by atomic mass is 9.99. The largest absolute Gasteiger partial charge is 0.381 e. The SMILES string of the molecule is CCNC(C)C1CCCCN1S(=O)(=O)CCOCC. The first-order chi connectivity index (χ1) is 9.03. The Bertz CT molecular complexity index is 346. The lowest BCUT2D eigenvalue weighted by molar-refractivity contribution is 0.159. The minimum absolute atomic E-state index is 0.0836. The predicted molar refractivity (Wildman–Crippen MR) is 77.8 cm³/mol. The Labute approximate surface area is 117 Å². The summed E-state index contributed by atoms with van der Waals surface area (Å²) < 4.78 is 31.7. The van der Waals surface area contributed by atoms with Gasteiger partial charge in [-0.05, 0) is 33.2 Å². The molecule has 1 aliphatic heterocycles. The van der Waals surface area contributed by atoms with Gasteiger partial charge in [-0.25, -0.2) is 8.42 Å². The van der Waals surface area contributed by atoms with Crippen LogP contribution in [0.25, 0.3) is 0 Å². The highest BCUT2D eigenvalue weighted by Gasteiger charge is 2.34. The van der Waals surface area contributed by atoms with E-state index in [9.17, 15) is 8.42 Å². The number of nitrogens with one attached hydrogen (secondary N) is 1. The molecule has 5 nitrogen and oxygen atoms in total. The zero-order valence-electron chi connectivity index (χ0n) is 12.4. The molecule has 0 bridgehead atoms. The van der Waals surface area contributed by atoms with Gasteiger partial charge in [0.1, 0.15) is 0 Å². The van der Waals surface area contributed by atoms with Crippen molar-refractivity contribution in [2.45, 2.75) is 52.1 Å². The summed E-state index contributed by atoms with van der Waals surface area (Å²) in [4.78, 5) is 0. The van der Waals surface area contributed by atoms with E-state index in [0.29, 0.717) is 13.2 Å². The molecule has 1 saturated heterocycles. The Balaban J connectivity index is 2.69. The van der Waals surface area contributed by atoms with Gasteiger partial charge in [0, 0.05) is 25.2 Å². The van der Waals surface area contributed by atoms with Crippen LogP contribution in [0.1, 0.15) is 40.0 Å². The van der Waals surface area contributed by atoms with E-state index in [4.69, 9.17) is 4.74 Å². The molecule has 0 amide bonds. The molecule has 19 heavy (non-hydrogen) atoms. The molecule has 2 unspecified atom stereocenters. The molecule has 1 fully saturated rings. The molecule has 1 N–H and O–H groups in total. The molecular weight excluding hydrogens is 264 g/mol. The molecule has 0 spiro atoms. The Kier molecular flexibility index (Phi) is 7.28. The monoisotopic (exact) mass is 292 g/mol. The van der Waals surface area contributed by atoms with E-state index in [1.807, 2.05) is 13.8 Å². The molecule has 0 aromatic heterocycles. The number of nitrogens with zero attached hydrogens (tertiary/aromatic N) is 1. The summed E-state index contributed by atoms with van der Waals surface area (Å²) in [6.45, 7) is 8.37. The summed E-state index contributed by atoms with van der Waals surface area (Å²) in [7, 11) is -3.20. The molecule has 0 aromatic carbocycles. The number of hydrogen-bond donors (Lipinski definition) is 1. The van der Waals surface area contributed by atoms with Gasteiger partial charge in [0.2, 0.25) is 10.0 Å². The first-order valence-corrected chi connectivity index (χ1v) is 8.94. The highest BCUT2D eigenvalue weighted by molar-refractivity contribution is 7.89. The van der Waals surface area contributed by atoms with Crippen LogP contribution in [0.3, 0.4) is 0 Å². The third-order valence-electron chi connectivity index (χ3n) is 3.65. The number of piperidine rings is 1. The molecule has 6 heteroatoms. The van der Waals surface area contributed by atoms with Gasteiger partial charge in [-0.1, -0.05) is 13.3 Å². The Morgan fingerprint density at radius 3 is 2.74 bits per heavy atom. The second kappa shape index (κ2) is 8.19. The van der Waals surface area contributed by atoms with Crippen LogP contribution in [-0.4, -0.2) is 56.9 Å². The van der Waals surface area contributed by atoms with Gasteiger partial charge in [0.15, 0.2) is 0 Å². The number of ether oxygens (including phenoxy) is 1. The Morgan fingerprint density at radius 2 is 2.11 bits per heavy atom. The fourth-order valence-electron chi connectivity index (χ4n) is 2.66. The van der Waals surface area contributed by atoms with E-state index in [1.54, 1.807) is 4.31 Å². The molecule has 0 aromatic rings. The zero-order chi connectivity index (χ0) is 14.3. The summed E-state index contributed by atoms with van der Waals surface area (Å²) in [6, 6.07) is 0.285. The van der Waals surface area contributed by atoms with E-state index in [2.05, 4.69) is 12.2 Å². The van der Waals surface area contributed by atoms with Crippen LogP contribution in [0.15, 0.2) is 0 Å². The smallest absolute Gasteiger partial charge is 0.216 e. The van der Waals surface area contributed by atoms with Crippen LogP contribution >= 0.6 is 0 Å². The third-order valence-corrected chi connectivity index (χ3v) is 5.50. The van der Waals surface area contributed by atoms with Crippen molar-refractivity contribution in [1.82, 2.24) is 9.62 Å². The molecular formula is C13H28N2O3S. The summed E-state index contributed by atoms with van der Waals surface area (Å²) in [5, 5.41) is 3.35. The van der Waals surface area contributed by atoms with E-state index in [0.717, 1.165) is 25.8 Å². The average molecular weight is 292 g/mol. The van der Waals surface area contributed by atoms with E-state index in [1.165, 1.54) is 0 Å². The predicted octanol–water partition coefficient (Wildman–Crippen LogP) is 1.21. The van der Waals surface area contributed by atoms with Crippen molar-refractivity contribution in [3.8, 4) is 0 Å². The molecule has 0 aliphatic carbocycles. The van der Waals surface area contributed by atoms with Crippen LogP contribution in [-0.2, 0) is 14.8 Å². The van der Waals surface area contributed by atoms with Crippen LogP contribution in [0, 0.1) is 0 Å². The summed E-state index contributed by atoms with van der Waals surface area (Å²) >= 11 is 0. The van der Waals surface area contributed by atoms with Gasteiger partial charge in [-0.15, -0.1) is 0 Å². The van der Waals surface area contributed by atoms with Crippen LogP contribution in [0.5, 0.6) is 0 Å². The lowest BCUT2D eigenvalue weighted by Gasteiger charge is -2.38. The van der Waals surface area contributed by atoms with Crippen molar-refractivity contribution in [2.24, 2.45) is 0 Å². The van der Waals surface area contributed by atoms with E-state index in [-0.39, 0.29) is 24.4 Å². The highest BCUT2D eigenvalue weighted by Crippen LogP contribution is 2.23. The van der Waals surface area contributed by atoms with Gasteiger partial charge in [-0.2, -0.15) is 4.31 Å². The van der Waals surface area contributed by atoms with Gasteiger partial charge in [-0.3, -0.25) is 0 Å². The standard InChI is InChI=1S/C13H28N2O3S/c1-4-14-12(3)13-8-6-7-9-15(13)19(16,17)11-10-18-5-2/h12-14H,4-11H2,1-3H3. The van der Waals surface area contributed by atoms with Gasteiger partial charge < -0.3 is 10.1 Å². The molecule has 114 valence electrons. The lowest BCUT2D eigenvalue weighted by Crippen LogP contribution is -2.53. The number of likely N-dealkylation sites (N-methyl/N-ethyl adjacent to an activating group) is 1. The third kappa shape index (κ3) is 5.02. The minimum atomic E-state index is -3.20. The normalized spacial score (nSPS) is 23.4. The Hall–Kier alpha value is -0.170. The molecule has 1 aliphatic rings. The highest BCUT2D eigenvalue weighted by atomic mass is 32.2. The van der Waals surface area contributed by atoms with Crippen LogP contribution < -0.4 is 5.32 Å². The second-order valence-corrected chi connectivity index (χ2v) is 7.07. The first kappa shape index (κ1) is 16.9. The molecule has 0 saturated carbocycles. The number of sulfonamides is 1. The van der Waals surface area contributed by atoms with E-state index >= 15 is 0 Å². The molecule has 1 heterocycles. The van der Waals surface area contributed by atoms with Gasteiger partial charge in [0.25, 0.3) is 0 Å². The maximum atomic E-state index is 12.4. The second-order valence-electron chi connectivity index (χ2n) is 5.03. The molecule has 1 rings (SSSR count). The molecule has 2 atom stereocenters. The first-order valence-electron chi connectivity index (χ1n) is 7.33. The Morgan fingerprint density at radius 1 is 1.37 bits per heavy atom. The quantitative estimate of drug-likeness (QED) is 0.683. The van der Waals surface area contributed by atoms with Crippen molar-refractivity contribution in [1.29, 1.82) is 0 Å². The maximum Gasteiger partial charge on any atom is 0.216 e. The fraction of sp³-hybridized carbons (Fsp3) is 1.00. The number of rotatable bonds is 8. The van der Waals surface area contributed by atoms with Crippen molar-refractivity contribution in [3.63, 3.8) is 0 Å². The molecule has 0 radical (unpaired) electrons. The van der Waals surface area contributed by atoms with Crippen molar-refractivity contribution < 1.29 is 13.2 Å². The van der Waals surface area contributed by atoms with Crippen LogP contribution in [0.2, 0.25) is 0 Å².